The molecule has 0 saturated heterocycles. The minimum atomic E-state index is -0.372. The van der Waals surface area contributed by atoms with Gasteiger partial charge in [0.15, 0.2) is 0 Å². The lowest BCUT2D eigenvalue weighted by atomic mass is 10.2. The monoisotopic (exact) mass is 396 g/mol. The second-order valence-electron chi connectivity index (χ2n) is 6.71. The summed E-state index contributed by atoms with van der Waals surface area (Å²) in [6, 6.07) is 13.4. The second kappa shape index (κ2) is 9.59. The minimum absolute atomic E-state index is 0.0282. The normalized spacial score (nSPS) is 12.6. The van der Waals surface area contributed by atoms with E-state index in [0.717, 1.165) is 12.8 Å². The Morgan fingerprint density at radius 2 is 1.66 bits per heavy atom. The number of ether oxygens (including phenoxy) is 1. The van der Waals surface area contributed by atoms with Crippen molar-refractivity contribution < 1.29 is 19.1 Å². The number of hydrogen-bond acceptors (Lipinski definition) is 4. The zero-order valence-corrected chi connectivity index (χ0v) is 16.2. The van der Waals surface area contributed by atoms with Crippen LogP contribution < -0.4 is 26.0 Å². The largest absolute Gasteiger partial charge is 0.497 e. The van der Waals surface area contributed by atoms with Crippen molar-refractivity contribution in [3.8, 4) is 5.75 Å². The van der Waals surface area contributed by atoms with E-state index >= 15 is 0 Å². The molecule has 1 aliphatic carbocycles. The Bertz CT molecular complexity index is 879. The van der Waals surface area contributed by atoms with Gasteiger partial charge in [0.2, 0.25) is 5.91 Å². The Morgan fingerprint density at radius 3 is 2.34 bits per heavy atom. The average molecular weight is 396 g/mol. The van der Waals surface area contributed by atoms with Crippen LogP contribution in [0.2, 0.25) is 0 Å². The highest BCUT2D eigenvalue weighted by molar-refractivity contribution is 5.96. The first-order valence-corrected chi connectivity index (χ1v) is 9.43. The number of carbonyl (C=O) groups is 3. The molecule has 8 nitrogen and oxygen atoms in total. The molecule has 0 atom stereocenters. The standard InChI is InChI=1S/C21H24N4O4/c1-29-18-4-2-3-17(13-18)25-21(28)23-12-11-22-19(26)14-7-9-16(10-8-14)24-20(27)15-5-6-15/h2-4,7-10,13,15H,5-6,11-12H2,1H3,(H,22,26)(H,24,27)(H2,23,25,28). The lowest BCUT2D eigenvalue weighted by molar-refractivity contribution is -0.117. The van der Waals surface area contributed by atoms with E-state index < -0.39 is 0 Å². The fourth-order valence-corrected chi connectivity index (χ4v) is 2.63. The Hall–Kier alpha value is -3.55. The average Bonchev–Trinajstić information content (AvgIpc) is 3.57. The fourth-order valence-electron chi connectivity index (χ4n) is 2.63. The third kappa shape index (κ3) is 6.24. The lowest BCUT2D eigenvalue weighted by Crippen LogP contribution is -2.36. The molecule has 2 aromatic rings. The van der Waals surface area contributed by atoms with Crippen molar-refractivity contribution in [3.63, 3.8) is 0 Å². The van der Waals surface area contributed by atoms with Gasteiger partial charge in [0, 0.05) is 42.0 Å². The summed E-state index contributed by atoms with van der Waals surface area (Å²) in [5.41, 5.74) is 1.77. The number of hydrogen-bond donors (Lipinski definition) is 4. The van der Waals surface area contributed by atoms with Crippen LogP contribution in [0, 0.1) is 5.92 Å². The van der Waals surface area contributed by atoms with Crippen LogP contribution in [-0.4, -0.2) is 38.0 Å². The molecule has 4 amide bonds. The van der Waals surface area contributed by atoms with Gasteiger partial charge in [-0.15, -0.1) is 0 Å². The third-order valence-corrected chi connectivity index (χ3v) is 4.39. The molecule has 0 unspecified atom stereocenters. The van der Waals surface area contributed by atoms with Gasteiger partial charge >= 0.3 is 6.03 Å². The SMILES string of the molecule is COc1cccc(NC(=O)NCCNC(=O)c2ccc(NC(=O)C3CC3)cc2)c1. The Balaban J connectivity index is 1.36. The molecule has 29 heavy (non-hydrogen) atoms. The summed E-state index contributed by atoms with van der Waals surface area (Å²) < 4.78 is 5.10. The maximum atomic E-state index is 12.2. The smallest absolute Gasteiger partial charge is 0.319 e. The van der Waals surface area contributed by atoms with Gasteiger partial charge in [-0.2, -0.15) is 0 Å². The number of benzene rings is 2. The molecule has 0 spiro atoms. The van der Waals surface area contributed by atoms with Gasteiger partial charge in [-0.1, -0.05) is 6.07 Å². The van der Waals surface area contributed by atoms with Gasteiger partial charge in [-0.05, 0) is 49.2 Å². The molecule has 1 aliphatic rings. The van der Waals surface area contributed by atoms with E-state index in [1.165, 1.54) is 0 Å². The molecule has 0 bridgehead atoms. The predicted molar refractivity (Wildman–Crippen MR) is 110 cm³/mol. The van der Waals surface area contributed by atoms with Crippen LogP contribution in [0.3, 0.4) is 0 Å². The summed E-state index contributed by atoms with van der Waals surface area (Å²) in [5.74, 6) is 0.556. The Kier molecular flexibility index (Phi) is 6.67. The van der Waals surface area contributed by atoms with Gasteiger partial charge in [0.05, 0.1) is 7.11 Å². The number of urea groups is 1. The number of nitrogens with one attached hydrogen (secondary N) is 4. The number of anilines is 2. The van der Waals surface area contributed by atoms with E-state index in [1.807, 2.05) is 0 Å². The summed E-state index contributed by atoms with van der Waals surface area (Å²) in [6.45, 7) is 0.557. The van der Waals surface area contributed by atoms with Gasteiger partial charge < -0.3 is 26.0 Å². The molecule has 0 aliphatic heterocycles. The molecule has 152 valence electrons. The third-order valence-electron chi connectivity index (χ3n) is 4.39. The highest BCUT2D eigenvalue weighted by Crippen LogP contribution is 2.30. The van der Waals surface area contributed by atoms with Gasteiger partial charge in [-0.25, -0.2) is 4.79 Å². The molecular formula is C21H24N4O4. The quantitative estimate of drug-likeness (QED) is 0.514. The van der Waals surface area contributed by atoms with Crippen LogP contribution in [-0.2, 0) is 4.79 Å². The predicted octanol–water partition coefficient (Wildman–Crippen LogP) is 2.60. The molecular weight excluding hydrogens is 372 g/mol. The zero-order chi connectivity index (χ0) is 20.6. The lowest BCUT2D eigenvalue weighted by Gasteiger charge is -2.10. The molecule has 2 aromatic carbocycles. The van der Waals surface area contributed by atoms with E-state index in [0.29, 0.717) is 22.7 Å². The summed E-state index contributed by atoms with van der Waals surface area (Å²) in [7, 11) is 1.56. The van der Waals surface area contributed by atoms with Crippen molar-refractivity contribution in [2.45, 2.75) is 12.8 Å². The van der Waals surface area contributed by atoms with Gasteiger partial charge in [0.1, 0.15) is 5.75 Å². The van der Waals surface area contributed by atoms with Crippen molar-refractivity contribution in [1.29, 1.82) is 0 Å². The van der Waals surface area contributed by atoms with E-state index in [-0.39, 0.29) is 36.9 Å². The zero-order valence-electron chi connectivity index (χ0n) is 16.2. The molecule has 0 radical (unpaired) electrons. The summed E-state index contributed by atoms with van der Waals surface area (Å²) in [4.78, 5) is 35.8. The number of rotatable bonds is 8. The van der Waals surface area contributed by atoms with E-state index in [4.69, 9.17) is 4.74 Å². The van der Waals surface area contributed by atoms with E-state index in [9.17, 15) is 14.4 Å². The van der Waals surface area contributed by atoms with Crippen molar-refractivity contribution in [3.05, 3.63) is 54.1 Å². The number of carbonyl (C=O) groups excluding carboxylic acids is 3. The fraction of sp³-hybridized carbons (Fsp3) is 0.286. The number of methoxy groups -OCH3 is 1. The van der Waals surface area contributed by atoms with Crippen LogP contribution in [0.15, 0.2) is 48.5 Å². The maximum Gasteiger partial charge on any atom is 0.319 e. The molecule has 3 rings (SSSR count). The summed E-state index contributed by atoms with van der Waals surface area (Å²) in [6.07, 6.45) is 1.88. The topological polar surface area (TPSA) is 109 Å². The first-order chi connectivity index (χ1) is 14.0. The van der Waals surface area contributed by atoms with Crippen molar-refractivity contribution in [2.24, 2.45) is 5.92 Å². The van der Waals surface area contributed by atoms with Gasteiger partial charge in [0.25, 0.3) is 5.91 Å². The van der Waals surface area contributed by atoms with Crippen molar-refractivity contribution in [1.82, 2.24) is 10.6 Å². The van der Waals surface area contributed by atoms with E-state index in [2.05, 4.69) is 21.3 Å². The van der Waals surface area contributed by atoms with Crippen molar-refractivity contribution >= 4 is 29.2 Å². The van der Waals surface area contributed by atoms with E-state index in [1.54, 1.807) is 55.6 Å². The highest BCUT2D eigenvalue weighted by Gasteiger charge is 2.29. The van der Waals surface area contributed by atoms with Crippen molar-refractivity contribution in [2.75, 3.05) is 30.8 Å². The Labute approximate surface area is 169 Å². The van der Waals surface area contributed by atoms with Crippen LogP contribution in [0.25, 0.3) is 0 Å². The molecule has 0 heterocycles. The molecule has 0 aromatic heterocycles. The highest BCUT2D eigenvalue weighted by atomic mass is 16.5. The van der Waals surface area contributed by atoms with Crippen LogP contribution in [0.1, 0.15) is 23.2 Å². The van der Waals surface area contributed by atoms with Crippen LogP contribution in [0.4, 0.5) is 16.2 Å². The Morgan fingerprint density at radius 1 is 0.931 bits per heavy atom. The second-order valence-corrected chi connectivity index (χ2v) is 6.71. The number of amides is 4. The molecule has 1 fully saturated rings. The minimum Gasteiger partial charge on any atom is -0.497 e. The first-order valence-electron chi connectivity index (χ1n) is 9.43. The first kappa shape index (κ1) is 20.2. The maximum absolute atomic E-state index is 12.2. The van der Waals surface area contributed by atoms with Gasteiger partial charge in [-0.3, -0.25) is 9.59 Å². The molecule has 8 heteroatoms. The van der Waals surface area contributed by atoms with Crippen LogP contribution >= 0.6 is 0 Å². The molecule has 4 N–H and O–H groups in total. The summed E-state index contributed by atoms with van der Waals surface area (Å²) in [5, 5.41) is 10.9. The van der Waals surface area contributed by atoms with Crippen LogP contribution in [0.5, 0.6) is 5.75 Å². The summed E-state index contributed by atoms with van der Waals surface area (Å²) >= 11 is 0. The molecule has 1 saturated carbocycles.